The average molecular weight is 176 g/mol. The Labute approximate surface area is 79.4 Å². The summed E-state index contributed by atoms with van der Waals surface area (Å²) in [6, 6.07) is 4.82. The molecule has 1 N–H and O–H groups in total. The van der Waals surface area contributed by atoms with E-state index in [1.807, 2.05) is 13.1 Å². The van der Waals surface area contributed by atoms with Gasteiger partial charge >= 0.3 is 0 Å². The Hall–Kier alpha value is -0.890. The zero-order valence-electron chi connectivity index (χ0n) is 8.09. The molecule has 0 amide bonds. The van der Waals surface area contributed by atoms with Crippen LogP contribution >= 0.6 is 0 Å². The van der Waals surface area contributed by atoms with E-state index in [2.05, 4.69) is 22.4 Å². The van der Waals surface area contributed by atoms with Crippen LogP contribution in [0.2, 0.25) is 0 Å². The highest BCUT2D eigenvalue weighted by Crippen LogP contribution is 2.21. The summed E-state index contributed by atoms with van der Waals surface area (Å²) in [6.45, 7) is 3.18. The molecule has 0 aliphatic carbocycles. The maximum Gasteiger partial charge on any atom is 0.0372 e. The van der Waals surface area contributed by atoms with Crippen LogP contribution in [-0.4, -0.2) is 11.5 Å². The van der Waals surface area contributed by atoms with Gasteiger partial charge in [-0.2, -0.15) is 0 Å². The topological polar surface area (TPSA) is 24.9 Å². The van der Waals surface area contributed by atoms with Gasteiger partial charge in [-0.05, 0) is 37.9 Å². The molecular weight excluding hydrogens is 160 g/mol. The molecule has 0 radical (unpaired) electrons. The van der Waals surface area contributed by atoms with Crippen molar-refractivity contribution >= 4 is 0 Å². The lowest BCUT2D eigenvalue weighted by molar-refractivity contribution is 0.411. The number of pyridine rings is 1. The zero-order chi connectivity index (χ0) is 9.10. The van der Waals surface area contributed by atoms with E-state index in [4.69, 9.17) is 0 Å². The minimum atomic E-state index is 0.543. The van der Waals surface area contributed by atoms with E-state index >= 15 is 0 Å². The first-order chi connectivity index (χ1) is 6.36. The van der Waals surface area contributed by atoms with Gasteiger partial charge in [0.1, 0.15) is 0 Å². The predicted molar refractivity (Wildman–Crippen MR) is 53.6 cm³/mol. The number of rotatable bonds is 1. The van der Waals surface area contributed by atoms with Crippen LogP contribution in [0.1, 0.15) is 36.6 Å². The predicted octanol–water partition coefficient (Wildman–Crippen LogP) is 2.20. The second kappa shape index (κ2) is 3.88. The van der Waals surface area contributed by atoms with Gasteiger partial charge in [0, 0.05) is 17.9 Å². The fourth-order valence-electron chi connectivity index (χ4n) is 1.82. The normalized spacial score (nSPS) is 23.0. The average Bonchev–Trinajstić information content (AvgIpc) is 2.20. The van der Waals surface area contributed by atoms with E-state index in [9.17, 15) is 0 Å². The second-order valence-electron chi connectivity index (χ2n) is 3.74. The van der Waals surface area contributed by atoms with Crippen LogP contribution in [0.5, 0.6) is 0 Å². The monoisotopic (exact) mass is 176 g/mol. The molecule has 1 aromatic heterocycles. The van der Waals surface area contributed by atoms with Crippen LogP contribution in [0.4, 0.5) is 0 Å². The largest absolute Gasteiger partial charge is 0.310 e. The van der Waals surface area contributed by atoms with Crippen LogP contribution in [0.25, 0.3) is 0 Å². The molecule has 2 heterocycles. The van der Waals surface area contributed by atoms with E-state index in [-0.39, 0.29) is 0 Å². The fourth-order valence-corrected chi connectivity index (χ4v) is 1.82. The van der Waals surface area contributed by atoms with E-state index in [1.54, 1.807) is 0 Å². The minimum absolute atomic E-state index is 0.543. The zero-order valence-corrected chi connectivity index (χ0v) is 8.09. The van der Waals surface area contributed by atoms with Crippen LogP contribution in [0.3, 0.4) is 0 Å². The lowest BCUT2D eigenvalue weighted by Gasteiger charge is -2.23. The van der Waals surface area contributed by atoms with Gasteiger partial charge in [0.2, 0.25) is 0 Å². The molecule has 1 saturated heterocycles. The van der Waals surface area contributed by atoms with Gasteiger partial charge < -0.3 is 5.32 Å². The molecule has 0 spiro atoms. The smallest absolute Gasteiger partial charge is 0.0372 e. The molecule has 2 rings (SSSR count). The number of aromatic nitrogens is 1. The van der Waals surface area contributed by atoms with Gasteiger partial charge in [-0.15, -0.1) is 0 Å². The SMILES string of the molecule is Cc1ccc(C2CCCCN2)cn1. The summed E-state index contributed by atoms with van der Waals surface area (Å²) < 4.78 is 0. The molecule has 0 aromatic carbocycles. The number of nitrogens with one attached hydrogen (secondary N) is 1. The molecule has 2 nitrogen and oxygen atoms in total. The third kappa shape index (κ3) is 2.07. The molecule has 2 heteroatoms. The van der Waals surface area contributed by atoms with Gasteiger partial charge in [0.15, 0.2) is 0 Å². The second-order valence-corrected chi connectivity index (χ2v) is 3.74. The van der Waals surface area contributed by atoms with Crippen molar-refractivity contribution in [1.29, 1.82) is 0 Å². The fraction of sp³-hybridized carbons (Fsp3) is 0.545. The van der Waals surface area contributed by atoms with Crippen molar-refractivity contribution in [1.82, 2.24) is 10.3 Å². The van der Waals surface area contributed by atoms with Crippen LogP contribution in [0.15, 0.2) is 18.3 Å². The molecular formula is C11H16N2. The Bertz CT molecular complexity index is 260. The summed E-state index contributed by atoms with van der Waals surface area (Å²) in [6.07, 6.45) is 5.91. The van der Waals surface area contributed by atoms with Gasteiger partial charge in [-0.3, -0.25) is 4.98 Å². The van der Waals surface area contributed by atoms with Crippen LogP contribution in [0, 0.1) is 6.92 Å². The summed E-state index contributed by atoms with van der Waals surface area (Å²) in [5.74, 6) is 0. The molecule has 70 valence electrons. The molecule has 0 saturated carbocycles. The van der Waals surface area contributed by atoms with Crippen molar-refractivity contribution < 1.29 is 0 Å². The van der Waals surface area contributed by atoms with Gasteiger partial charge in [-0.25, -0.2) is 0 Å². The maximum atomic E-state index is 4.31. The third-order valence-electron chi connectivity index (χ3n) is 2.65. The van der Waals surface area contributed by atoms with Crippen molar-refractivity contribution in [2.45, 2.75) is 32.2 Å². The number of hydrogen-bond donors (Lipinski definition) is 1. The molecule has 1 atom stereocenters. The summed E-state index contributed by atoms with van der Waals surface area (Å²) in [7, 11) is 0. The Balaban J connectivity index is 2.10. The van der Waals surface area contributed by atoms with Crippen LogP contribution < -0.4 is 5.32 Å². The highest BCUT2D eigenvalue weighted by molar-refractivity contribution is 5.17. The number of aryl methyl sites for hydroxylation is 1. The third-order valence-corrected chi connectivity index (χ3v) is 2.65. The first-order valence-corrected chi connectivity index (χ1v) is 5.02. The lowest BCUT2D eigenvalue weighted by Crippen LogP contribution is -2.26. The molecule has 1 aliphatic rings. The summed E-state index contributed by atoms with van der Waals surface area (Å²) in [5, 5.41) is 3.51. The van der Waals surface area contributed by atoms with Crippen molar-refractivity contribution in [3.63, 3.8) is 0 Å². The molecule has 1 fully saturated rings. The van der Waals surface area contributed by atoms with Crippen molar-refractivity contribution in [2.24, 2.45) is 0 Å². The number of nitrogens with zero attached hydrogens (tertiary/aromatic N) is 1. The molecule has 1 unspecified atom stereocenters. The van der Waals surface area contributed by atoms with Gasteiger partial charge in [0.05, 0.1) is 0 Å². The Morgan fingerprint density at radius 2 is 2.31 bits per heavy atom. The van der Waals surface area contributed by atoms with E-state index in [0.717, 1.165) is 12.2 Å². The standard InChI is InChI=1S/C11H16N2/c1-9-5-6-10(8-13-9)11-4-2-3-7-12-11/h5-6,8,11-12H,2-4,7H2,1H3. The van der Waals surface area contributed by atoms with Crippen molar-refractivity contribution in [3.8, 4) is 0 Å². The molecule has 1 aromatic rings. The lowest BCUT2D eigenvalue weighted by atomic mass is 9.99. The Kier molecular flexibility index (Phi) is 2.60. The summed E-state index contributed by atoms with van der Waals surface area (Å²) in [5.41, 5.74) is 2.44. The van der Waals surface area contributed by atoms with Crippen molar-refractivity contribution in [3.05, 3.63) is 29.6 Å². The quantitative estimate of drug-likeness (QED) is 0.709. The Morgan fingerprint density at radius 1 is 1.38 bits per heavy atom. The van der Waals surface area contributed by atoms with Crippen molar-refractivity contribution in [2.75, 3.05) is 6.54 Å². The highest BCUT2D eigenvalue weighted by Gasteiger charge is 2.13. The highest BCUT2D eigenvalue weighted by atomic mass is 14.9. The molecule has 0 bridgehead atoms. The van der Waals surface area contributed by atoms with Gasteiger partial charge in [-0.1, -0.05) is 12.5 Å². The maximum absolute atomic E-state index is 4.31. The Morgan fingerprint density at radius 3 is 2.92 bits per heavy atom. The van der Waals surface area contributed by atoms with Gasteiger partial charge in [0.25, 0.3) is 0 Å². The number of hydrogen-bond acceptors (Lipinski definition) is 2. The minimum Gasteiger partial charge on any atom is -0.310 e. The van der Waals surface area contributed by atoms with Crippen LogP contribution in [-0.2, 0) is 0 Å². The summed E-state index contributed by atoms with van der Waals surface area (Å²) in [4.78, 5) is 4.31. The molecule has 1 aliphatic heterocycles. The molecule has 13 heavy (non-hydrogen) atoms. The van der Waals surface area contributed by atoms with E-state index < -0.39 is 0 Å². The van der Waals surface area contributed by atoms with E-state index in [0.29, 0.717) is 6.04 Å². The first-order valence-electron chi connectivity index (χ1n) is 5.02. The van der Waals surface area contributed by atoms with E-state index in [1.165, 1.54) is 24.8 Å². The first kappa shape index (κ1) is 8.70. The number of piperidine rings is 1. The summed E-state index contributed by atoms with van der Waals surface area (Å²) >= 11 is 0.